The maximum absolute atomic E-state index is 12.3. The first-order chi connectivity index (χ1) is 12.7. The number of benzene rings is 2. The Balaban J connectivity index is 1.59. The number of aryl methyl sites for hydroxylation is 1. The number of carbonyl (C=O) groups is 1. The van der Waals surface area contributed by atoms with Gasteiger partial charge in [0.2, 0.25) is 0 Å². The highest BCUT2D eigenvalue weighted by molar-refractivity contribution is 5.84. The van der Waals surface area contributed by atoms with Crippen LogP contribution in [0.4, 0.5) is 0 Å². The van der Waals surface area contributed by atoms with E-state index >= 15 is 0 Å². The van der Waals surface area contributed by atoms with E-state index in [0.29, 0.717) is 17.1 Å². The lowest BCUT2D eigenvalue weighted by Crippen LogP contribution is -2.12. The molecule has 26 heavy (non-hydrogen) atoms. The molecule has 2 aromatic carbocycles. The van der Waals surface area contributed by atoms with E-state index in [1.807, 2.05) is 24.3 Å². The number of ether oxygens (including phenoxy) is 2. The third-order valence-electron chi connectivity index (χ3n) is 4.70. The van der Waals surface area contributed by atoms with Crippen molar-refractivity contribution < 1.29 is 18.7 Å². The average Bonchev–Trinajstić information content (AvgIpc) is 3.12. The summed E-state index contributed by atoms with van der Waals surface area (Å²) in [4.78, 5) is 24.4. The van der Waals surface area contributed by atoms with Gasteiger partial charge in [-0.15, -0.1) is 0 Å². The van der Waals surface area contributed by atoms with E-state index in [1.165, 1.54) is 0 Å². The summed E-state index contributed by atoms with van der Waals surface area (Å²) in [6.45, 7) is 0. The van der Waals surface area contributed by atoms with Crippen molar-refractivity contribution in [2.24, 2.45) is 0 Å². The molecule has 5 nitrogen and oxygen atoms in total. The SMILES string of the molecule is COc1ccccc1CC(=O)Oc1ccc2c3c(c(=O)oc2c1)CCC3. The lowest BCUT2D eigenvalue weighted by Gasteiger charge is -2.09. The summed E-state index contributed by atoms with van der Waals surface area (Å²) in [7, 11) is 1.56. The quantitative estimate of drug-likeness (QED) is 0.410. The van der Waals surface area contributed by atoms with Gasteiger partial charge in [0.15, 0.2) is 0 Å². The molecule has 1 aliphatic carbocycles. The Labute approximate surface area is 150 Å². The number of rotatable bonds is 4. The van der Waals surface area contributed by atoms with Gasteiger partial charge in [0.1, 0.15) is 17.1 Å². The van der Waals surface area contributed by atoms with Gasteiger partial charge in [-0.3, -0.25) is 4.79 Å². The number of para-hydroxylation sites is 1. The topological polar surface area (TPSA) is 65.7 Å². The summed E-state index contributed by atoms with van der Waals surface area (Å²) in [6.07, 6.45) is 2.71. The van der Waals surface area contributed by atoms with Crippen molar-refractivity contribution in [1.29, 1.82) is 0 Å². The summed E-state index contributed by atoms with van der Waals surface area (Å²) in [6, 6.07) is 12.5. The van der Waals surface area contributed by atoms with E-state index in [0.717, 1.165) is 41.3 Å². The fourth-order valence-electron chi connectivity index (χ4n) is 3.50. The summed E-state index contributed by atoms with van der Waals surface area (Å²) in [5.74, 6) is 0.598. The van der Waals surface area contributed by atoms with Crippen LogP contribution in [0.25, 0.3) is 11.0 Å². The Morgan fingerprint density at radius 2 is 1.92 bits per heavy atom. The minimum atomic E-state index is -0.405. The molecule has 3 aromatic rings. The van der Waals surface area contributed by atoms with Crippen molar-refractivity contribution in [2.75, 3.05) is 7.11 Å². The zero-order valence-corrected chi connectivity index (χ0v) is 14.4. The monoisotopic (exact) mass is 350 g/mol. The molecule has 0 unspecified atom stereocenters. The molecule has 0 amide bonds. The predicted molar refractivity (Wildman–Crippen MR) is 96.8 cm³/mol. The van der Waals surface area contributed by atoms with E-state index in [-0.39, 0.29) is 12.0 Å². The Kier molecular flexibility index (Phi) is 4.21. The van der Waals surface area contributed by atoms with Crippen LogP contribution < -0.4 is 15.1 Å². The zero-order chi connectivity index (χ0) is 18.1. The predicted octanol–water partition coefficient (Wildman–Crippen LogP) is 3.44. The van der Waals surface area contributed by atoms with Crippen LogP contribution in [0.15, 0.2) is 51.7 Å². The molecule has 132 valence electrons. The molecule has 1 aliphatic rings. The molecule has 0 saturated heterocycles. The number of carbonyl (C=O) groups excluding carboxylic acids is 1. The molecule has 0 saturated carbocycles. The molecular formula is C21H18O5. The molecule has 0 atom stereocenters. The molecule has 0 radical (unpaired) electrons. The first-order valence-electron chi connectivity index (χ1n) is 8.57. The number of methoxy groups -OCH3 is 1. The van der Waals surface area contributed by atoms with E-state index < -0.39 is 5.97 Å². The molecule has 4 rings (SSSR count). The lowest BCUT2D eigenvalue weighted by atomic mass is 10.1. The molecule has 0 bridgehead atoms. The van der Waals surface area contributed by atoms with Gasteiger partial charge in [0.05, 0.1) is 13.5 Å². The van der Waals surface area contributed by atoms with Crippen LogP contribution in [0, 0.1) is 0 Å². The average molecular weight is 350 g/mol. The Morgan fingerprint density at radius 1 is 1.12 bits per heavy atom. The van der Waals surface area contributed by atoms with Gasteiger partial charge in [-0.25, -0.2) is 4.79 Å². The number of esters is 1. The number of hydrogen-bond acceptors (Lipinski definition) is 5. The second-order valence-corrected chi connectivity index (χ2v) is 6.32. The second-order valence-electron chi connectivity index (χ2n) is 6.32. The second kappa shape index (κ2) is 6.67. The van der Waals surface area contributed by atoms with E-state index in [9.17, 15) is 9.59 Å². The standard InChI is InChI=1S/C21H18O5/c1-24-18-8-3-2-5-13(18)11-20(22)25-14-9-10-16-15-6-4-7-17(15)21(23)26-19(16)12-14/h2-3,5,8-10,12H,4,6-7,11H2,1H3. The smallest absolute Gasteiger partial charge is 0.339 e. The minimum Gasteiger partial charge on any atom is -0.496 e. The Hall–Kier alpha value is -3.08. The zero-order valence-electron chi connectivity index (χ0n) is 14.4. The van der Waals surface area contributed by atoms with Gasteiger partial charge >= 0.3 is 11.6 Å². The number of hydrogen-bond donors (Lipinski definition) is 0. The van der Waals surface area contributed by atoms with Gasteiger partial charge in [-0.05, 0) is 43.0 Å². The highest BCUT2D eigenvalue weighted by atomic mass is 16.5. The van der Waals surface area contributed by atoms with Crippen molar-refractivity contribution in [3.8, 4) is 11.5 Å². The highest BCUT2D eigenvalue weighted by Gasteiger charge is 2.20. The van der Waals surface area contributed by atoms with Gasteiger partial charge in [0, 0.05) is 22.6 Å². The van der Waals surface area contributed by atoms with Crippen LogP contribution in [-0.2, 0) is 24.1 Å². The molecule has 5 heteroatoms. The van der Waals surface area contributed by atoms with Gasteiger partial charge in [0.25, 0.3) is 0 Å². The Morgan fingerprint density at radius 3 is 2.77 bits per heavy atom. The van der Waals surface area contributed by atoms with E-state index in [2.05, 4.69) is 0 Å². The van der Waals surface area contributed by atoms with Crippen LogP contribution in [-0.4, -0.2) is 13.1 Å². The molecule has 1 aromatic heterocycles. The maximum Gasteiger partial charge on any atom is 0.339 e. The maximum atomic E-state index is 12.3. The molecule has 1 heterocycles. The van der Waals surface area contributed by atoms with Crippen LogP contribution in [0.3, 0.4) is 0 Å². The van der Waals surface area contributed by atoms with Crippen LogP contribution in [0.5, 0.6) is 11.5 Å². The van der Waals surface area contributed by atoms with E-state index in [1.54, 1.807) is 25.3 Å². The highest BCUT2D eigenvalue weighted by Crippen LogP contribution is 2.30. The lowest BCUT2D eigenvalue weighted by molar-refractivity contribution is -0.133. The summed E-state index contributed by atoms with van der Waals surface area (Å²) in [5, 5.41) is 0.918. The number of fused-ring (bicyclic) bond motifs is 3. The van der Waals surface area contributed by atoms with Crippen LogP contribution in [0.1, 0.15) is 23.1 Å². The van der Waals surface area contributed by atoms with Gasteiger partial charge in [-0.1, -0.05) is 18.2 Å². The first kappa shape index (κ1) is 16.4. The van der Waals surface area contributed by atoms with E-state index in [4.69, 9.17) is 13.9 Å². The van der Waals surface area contributed by atoms with Crippen molar-refractivity contribution >= 4 is 16.9 Å². The fraction of sp³-hybridized carbons (Fsp3) is 0.238. The third-order valence-corrected chi connectivity index (χ3v) is 4.70. The molecule has 0 fully saturated rings. The van der Waals surface area contributed by atoms with Gasteiger partial charge < -0.3 is 13.9 Å². The molecular weight excluding hydrogens is 332 g/mol. The molecule has 0 spiro atoms. The summed E-state index contributed by atoms with van der Waals surface area (Å²) < 4.78 is 16.1. The van der Waals surface area contributed by atoms with Crippen molar-refractivity contribution in [3.63, 3.8) is 0 Å². The minimum absolute atomic E-state index is 0.0934. The third kappa shape index (κ3) is 2.96. The normalized spacial score (nSPS) is 12.8. The van der Waals surface area contributed by atoms with Crippen molar-refractivity contribution in [2.45, 2.75) is 25.7 Å². The van der Waals surface area contributed by atoms with Gasteiger partial charge in [-0.2, -0.15) is 0 Å². The van der Waals surface area contributed by atoms with Crippen molar-refractivity contribution in [1.82, 2.24) is 0 Å². The summed E-state index contributed by atoms with van der Waals surface area (Å²) >= 11 is 0. The summed E-state index contributed by atoms with van der Waals surface area (Å²) in [5.41, 5.74) is 2.76. The van der Waals surface area contributed by atoms with Crippen LogP contribution in [0.2, 0.25) is 0 Å². The Bertz CT molecular complexity index is 1050. The molecule has 0 aliphatic heterocycles. The first-order valence-corrected chi connectivity index (χ1v) is 8.57. The largest absolute Gasteiger partial charge is 0.496 e. The van der Waals surface area contributed by atoms with Crippen molar-refractivity contribution in [3.05, 3.63) is 69.6 Å². The molecule has 0 N–H and O–H groups in total. The fourth-order valence-corrected chi connectivity index (χ4v) is 3.50. The van der Waals surface area contributed by atoms with Crippen LogP contribution >= 0.6 is 0 Å².